The van der Waals surface area contributed by atoms with Gasteiger partial charge in [-0.1, -0.05) is 70.3 Å². The molecule has 3 heteroatoms. The molecule has 0 saturated carbocycles. The minimum atomic E-state index is 0.0659. The van der Waals surface area contributed by atoms with Gasteiger partial charge in [-0.05, 0) is 12.8 Å². The summed E-state index contributed by atoms with van der Waals surface area (Å²) in [4.78, 5) is 4.83. The predicted octanol–water partition coefficient (Wildman–Crippen LogP) is 4.72. The molecule has 0 spiro atoms. The van der Waals surface area contributed by atoms with Gasteiger partial charge in [-0.15, -0.1) is 0 Å². The fourth-order valence-electron chi connectivity index (χ4n) is 1.89. The standard InChI is InChI=1S/C13H28O3/c1-3-5-7-8-9-10-12-13(15-16-14)11-6-4-2/h13-14H,3-12H2,1-2H3. The van der Waals surface area contributed by atoms with Gasteiger partial charge in [0.1, 0.15) is 0 Å². The normalized spacial score (nSPS) is 12.9. The average Bonchev–Trinajstić information content (AvgIpc) is 2.30. The molecule has 1 atom stereocenters. The summed E-state index contributed by atoms with van der Waals surface area (Å²) in [6.07, 6.45) is 12.0. The van der Waals surface area contributed by atoms with E-state index in [9.17, 15) is 0 Å². The third kappa shape index (κ3) is 10.4. The van der Waals surface area contributed by atoms with E-state index in [1.807, 2.05) is 0 Å². The summed E-state index contributed by atoms with van der Waals surface area (Å²) in [6, 6.07) is 0. The maximum absolute atomic E-state index is 8.29. The Morgan fingerprint density at radius 2 is 1.38 bits per heavy atom. The summed E-state index contributed by atoms with van der Waals surface area (Å²) in [5, 5.41) is 12.1. The lowest BCUT2D eigenvalue weighted by molar-refractivity contribution is -0.507. The van der Waals surface area contributed by atoms with Crippen molar-refractivity contribution in [3.8, 4) is 0 Å². The topological polar surface area (TPSA) is 38.7 Å². The summed E-state index contributed by atoms with van der Waals surface area (Å²) in [6.45, 7) is 4.38. The molecule has 0 heterocycles. The highest BCUT2D eigenvalue weighted by Gasteiger charge is 2.09. The van der Waals surface area contributed by atoms with Crippen molar-refractivity contribution in [2.45, 2.75) is 84.2 Å². The lowest BCUT2D eigenvalue weighted by Crippen LogP contribution is -2.12. The second-order valence-corrected chi connectivity index (χ2v) is 4.49. The second-order valence-electron chi connectivity index (χ2n) is 4.49. The number of hydrogen-bond donors (Lipinski definition) is 1. The maximum Gasteiger partial charge on any atom is 0.0961 e. The van der Waals surface area contributed by atoms with E-state index in [1.165, 1.54) is 38.5 Å². The molecule has 0 radical (unpaired) electrons. The van der Waals surface area contributed by atoms with Gasteiger partial charge in [0.15, 0.2) is 0 Å². The molecule has 3 nitrogen and oxygen atoms in total. The minimum absolute atomic E-state index is 0.0659. The van der Waals surface area contributed by atoms with Gasteiger partial charge in [0.25, 0.3) is 0 Å². The highest BCUT2D eigenvalue weighted by Crippen LogP contribution is 2.14. The third-order valence-electron chi connectivity index (χ3n) is 2.94. The van der Waals surface area contributed by atoms with Crippen molar-refractivity contribution in [1.82, 2.24) is 0 Å². The third-order valence-corrected chi connectivity index (χ3v) is 2.94. The van der Waals surface area contributed by atoms with Gasteiger partial charge in [-0.2, -0.15) is 0 Å². The molecule has 0 rings (SSSR count). The van der Waals surface area contributed by atoms with Gasteiger partial charge in [-0.25, -0.2) is 10.1 Å². The lowest BCUT2D eigenvalue weighted by atomic mass is 10.0. The largest absolute Gasteiger partial charge is 0.221 e. The summed E-state index contributed by atoms with van der Waals surface area (Å²) >= 11 is 0. The molecule has 0 aromatic rings. The van der Waals surface area contributed by atoms with Crippen molar-refractivity contribution >= 4 is 0 Å². The van der Waals surface area contributed by atoms with Crippen LogP contribution in [0.3, 0.4) is 0 Å². The molecule has 1 unspecified atom stereocenters. The van der Waals surface area contributed by atoms with Crippen LogP contribution in [0.5, 0.6) is 0 Å². The van der Waals surface area contributed by atoms with Crippen LogP contribution < -0.4 is 0 Å². The first kappa shape index (κ1) is 15.9. The van der Waals surface area contributed by atoms with Gasteiger partial charge < -0.3 is 0 Å². The smallest absolute Gasteiger partial charge is 0.0961 e. The molecule has 0 amide bonds. The maximum atomic E-state index is 8.29. The highest BCUT2D eigenvalue weighted by atomic mass is 17.5. The van der Waals surface area contributed by atoms with Gasteiger partial charge in [0.2, 0.25) is 0 Å². The molecular weight excluding hydrogens is 204 g/mol. The van der Waals surface area contributed by atoms with Crippen molar-refractivity contribution < 1.29 is 15.2 Å². The van der Waals surface area contributed by atoms with Crippen LogP contribution in [0.4, 0.5) is 0 Å². The van der Waals surface area contributed by atoms with E-state index in [0.29, 0.717) is 0 Å². The van der Waals surface area contributed by atoms with E-state index in [1.54, 1.807) is 0 Å². The fourth-order valence-corrected chi connectivity index (χ4v) is 1.89. The van der Waals surface area contributed by atoms with Crippen LogP contribution in [0.1, 0.15) is 78.1 Å². The van der Waals surface area contributed by atoms with E-state index in [0.717, 1.165) is 25.7 Å². The SMILES string of the molecule is CCCCCCCCC(CCCC)OOO. The summed E-state index contributed by atoms with van der Waals surface area (Å²) in [7, 11) is 0. The molecule has 0 aliphatic carbocycles. The monoisotopic (exact) mass is 232 g/mol. The Hall–Kier alpha value is -0.120. The highest BCUT2D eigenvalue weighted by molar-refractivity contribution is 4.57. The Morgan fingerprint density at radius 1 is 0.812 bits per heavy atom. The van der Waals surface area contributed by atoms with Gasteiger partial charge in [0, 0.05) is 0 Å². The molecule has 0 fully saturated rings. The van der Waals surface area contributed by atoms with Crippen LogP contribution >= 0.6 is 0 Å². The first-order chi connectivity index (χ1) is 7.85. The van der Waals surface area contributed by atoms with E-state index < -0.39 is 0 Å². The molecule has 0 bridgehead atoms. The van der Waals surface area contributed by atoms with Crippen molar-refractivity contribution in [3.63, 3.8) is 0 Å². The van der Waals surface area contributed by atoms with Crippen LogP contribution in [0, 0.1) is 0 Å². The Morgan fingerprint density at radius 3 is 2.00 bits per heavy atom. The zero-order valence-corrected chi connectivity index (χ0v) is 10.9. The van der Waals surface area contributed by atoms with Gasteiger partial charge in [0.05, 0.1) is 6.10 Å². The van der Waals surface area contributed by atoms with Crippen molar-refractivity contribution in [1.29, 1.82) is 0 Å². The van der Waals surface area contributed by atoms with Crippen molar-refractivity contribution in [3.05, 3.63) is 0 Å². The molecule has 0 aliphatic rings. The van der Waals surface area contributed by atoms with Crippen LogP contribution in [0.15, 0.2) is 0 Å². The average molecular weight is 232 g/mol. The van der Waals surface area contributed by atoms with Crippen LogP contribution in [-0.4, -0.2) is 11.4 Å². The Kier molecular flexibility index (Phi) is 12.9. The Labute approximate surface area is 100.0 Å². The van der Waals surface area contributed by atoms with E-state index in [4.69, 9.17) is 10.1 Å². The van der Waals surface area contributed by atoms with Crippen LogP contribution in [0.25, 0.3) is 0 Å². The van der Waals surface area contributed by atoms with E-state index >= 15 is 0 Å². The predicted molar refractivity (Wildman–Crippen MR) is 66.1 cm³/mol. The van der Waals surface area contributed by atoms with Gasteiger partial charge in [-0.3, -0.25) is 0 Å². The molecule has 98 valence electrons. The van der Waals surface area contributed by atoms with E-state index in [2.05, 4.69) is 18.9 Å². The Balaban J connectivity index is 3.36. The molecule has 16 heavy (non-hydrogen) atoms. The number of rotatable bonds is 12. The first-order valence-corrected chi connectivity index (χ1v) is 6.82. The number of unbranched alkanes of at least 4 members (excludes halogenated alkanes) is 6. The molecule has 0 aliphatic heterocycles. The fraction of sp³-hybridized carbons (Fsp3) is 1.00. The quantitative estimate of drug-likeness (QED) is 0.301. The van der Waals surface area contributed by atoms with Crippen LogP contribution in [0.2, 0.25) is 0 Å². The molecule has 0 aromatic heterocycles. The molecule has 0 saturated heterocycles. The molecule has 1 N–H and O–H groups in total. The number of hydrogen-bond acceptors (Lipinski definition) is 3. The summed E-state index contributed by atoms with van der Waals surface area (Å²) in [5.41, 5.74) is 0. The molecule has 0 aromatic carbocycles. The Bertz CT molecular complexity index is 128. The minimum Gasteiger partial charge on any atom is -0.221 e. The van der Waals surface area contributed by atoms with Crippen LogP contribution in [-0.2, 0) is 9.93 Å². The molecular formula is C13H28O3. The van der Waals surface area contributed by atoms with Gasteiger partial charge >= 0.3 is 0 Å². The summed E-state index contributed by atoms with van der Waals surface area (Å²) in [5.74, 6) is 0. The zero-order valence-electron chi connectivity index (χ0n) is 10.9. The second kappa shape index (κ2) is 12.9. The van der Waals surface area contributed by atoms with E-state index in [-0.39, 0.29) is 6.10 Å². The lowest BCUT2D eigenvalue weighted by Gasteiger charge is -2.13. The first-order valence-electron chi connectivity index (χ1n) is 6.82. The van der Waals surface area contributed by atoms with Crippen molar-refractivity contribution in [2.24, 2.45) is 0 Å². The summed E-state index contributed by atoms with van der Waals surface area (Å²) < 4.78 is 0. The van der Waals surface area contributed by atoms with Crippen molar-refractivity contribution in [2.75, 3.05) is 0 Å². The zero-order chi connectivity index (χ0) is 12.1.